The van der Waals surface area contributed by atoms with Gasteiger partial charge in [0.2, 0.25) is 5.91 Å². The molecular weight excluding hydrogens is 260 g/mol. The number of thioether (sulfide) groups is 1. The molecule has 19 heavy (non-hydrogen) atoms. The molecule has 2 aliphatic heterocycles. The summed E-state index contributed by atoms with van der Waals surface area (Å²) >= 11 is 1.90. The molecule has 0 saturated carbocycles. The number of carbonyl (C=O) groups excluding carboxylic acids is 1. The normalized spacial score (nSPS) is 27.2. The van der Waals surface area contributed by atoms with Crippen LogP contribution in [0.2, 0.25) is 0 Å². The van der Waals surface area contributed by atoms with Gasteiger partial charge in [0.25, 0.3) is 0 Å². The summed E-state index contributed by atoms with van der Waals surface area (Å²) in [5.41, 5.74) is 6.87. The molecule has 2 unspecified atom stereocenters. The third-order valence-electron chi connectivity index (χ3n) is 3.82. The molecule has 2 N–H and O–H groups in total. The second-order valence-corrected chi connectivity index (χ2v) is 6.10. The van der Waals surface area contributed by atoms with E-state index in [1.165, 1.54) is 10.5 Å². The molecule has 1 aromatic carbocycles. The lowest BCUT2D eigenvalue weighted by Crippen LogP contribution is -2.53. The molecule has 4 nitrogen and oxygen atoms in total. The van der Waals surface area contributed by atoms with Crippen molar-refractivity contribution in [3.05, 3.63) is 29.8 Å². The maximum atomic E-state index is 11.5. The number of carbonyl (C=O) groups is 1. The molecule has 0 spiro atoms. The van der Waals surface area contributed by atoms with Crippen LogP contribution >= 0.6 is 11.8 Å². The summed E-state index contributed by atoms with van der Waals surface area (Å²) in [5, 5.41) is 0. The molecule has 0 aliphatic carbocycles. The van der Waals surface area contributed by atoms with Gasteiger partial charge in [-0.2, -0.15) is 0 Å². The molecule has 1 fully saturated rings. The average molecular weight is 278 g/mol. The van der Waals surface area contributed by atoms with E-state index in [9.17, 15) is 4.79 Å². The Morgan fingerprint density at radius 3 is 3.16 bits per heavy atom. The molecule has 2 heterocycles. The zero-order valence-electron chi connectivity index (χ0n) is 10.7. The fraction of sp³-hybridized carbons (Fsp3) is 0.500. The number of primary amides is 1. The number of nitrogens with two attached hydrogens (primary N) is 1. The predicted molar refractivity (Wildman–Crippen MR) is 75.3 cm³/mol. The third kappa shape index (κ3) is 2.63. The van der Waals surface area contributed by atoms with Crippen molar-refractivity contribution >= 4 is 17.7 Å². The van der Waals surface area contributed by atoms with Gasteiger partial charge in [0.15, 0.2) is 0 Å². The highest BCUT2D eigenvalue weighted by Crippen LogP contribution is 2.39. The van der Waals surface area contributed by atoms with Crippen LogP contribution in [0.25, 0.3) is 0 Å². The molecule has 1 amide bonds. The summed E-state index contributed by atoms with van der Waals surface area (Å²) < 4.78 is 5.36. The Morgan fingerprint density at radius 1 is 1.47 bits per heavy atom. The molecule has 5 heteroatoms. The molecular formula is C14H18N2O2S. The first-order chi connectivity index (χ1) is 9.25. The van der Waals surface area contributed by atoms with Crippen molar-refractivity contribution in [2.24, 2.45) is 5.73 Å². The topological polar surface area (TPSA) is 55.6 Å². The van der Waals surface area contributed by atoms with Crippen molar-refractivity contribution in [1.29, 1.82) is 0 Å². The summed E-state index contributed by atoms with van der Waals surface area (Å²) in [6, 6.07) is 8.26. The zero-order valence-corrected chi connectivity index (χ0v) is 11.6. The first kappa shape index (κ1) is 13.0. The van der Waals surface area contributed by atoms with Gasteiger partial charge < -0.3 is 10.5 Å². The number of hydrogen-bond donors (Lipinski definition) is 1. The highest BCUT2D eigenvalue weighted by molar-refractivity contribution is 7.99. The summed E-state index contributed by atoms with van der Waals surface area (Å²) in [6.45, 7) is 2.79. The Balaban J connectivity index is 1.73. The lowest BCUT2D eigenvalue weighted by Gasteiger charge is -2.35. The van der Waals surface area contributed by atoms with Crippen LogP contribution in [0.1, 0.15) is 11.5 Å². The monoisotopic (exact) mass is 278 g/mol. The van der Waals surface area contributed by atoms with Crippen molar-refractivity contribution < 1.29 is 9.53 Å². The Labute approximate surface area is 117 Å². The molecule has 1 aromatic rings. The third-order valence-corrected chi connectivity index (χ3v) is 5.07. The number of nitrogens with zero attached hydrogens (tertiary/aromatic N) is 1. The zero-order chi connectivity index (χ0) is 13.2. The number of benzene rings is 1. The molecule has 0 bridgehead atoms. The minimum atomic E-state index is -0.279. The van der Waals surface area contributed by atoms with Crippen LogP contribution in [0.4, 0.5) is 0 Å². The van der Waals surface area contributed by atoms with Gasteiger partial charge in [0, 0.05) is 29.7 Å². The fourth-order valence-corrected chi connectivity index (χ4v) is 4.02. The van der Waals surface area contributed by atoms with E-state index in [0.717, 1.165) is 18.8 Å². The summed E-state index contributed by atoms with van der Waals surface area (Å²) in [7, 11) is 0. The first-order valence-electron chi connectivity index (χ1n) is 6.58. The van der Waals surface area contributed by atoms with Gasteiger partial charge in [0.05, 0.1) is 13.2 Å². The van der Waals surface area contributed by atoms with Crippen LogP contribution < -0.4 is 5.73 Å². The Bertz CT molecular complexity index is 480. The number of morpholine rings is 1. The van der Waals surface area contributed by atoms with E-state index in [4.69, 9.17) is 10.5 Å². The Morgan fingerprint density at radius 2 is 2.32 bits per heavy atom. The van der Waals surface area contributed by atoms with Gasteiger partial charge in [-0.05, 0) is 11.6 Å². The number of rotatable bonds is 3. The molecule has 2 aliphatic rings. The maximum Gasteiger partial charge on any atom is 0.237 e. The van der Waals surface area contributed by atoms with E-state index in [-0.39, 0.29) is 11.9 Å². The first-order valence-corrected chi connectivity index (χ1v) is 7.57. The lowest BCUT2D eigenvalue weighted by molar-refractivity contribution is -0.129. The van der Waals surface area contributed by atoms with Gasteiger partial charge in [-0.1, -0.05) is 18.2 Å². The second-order valence-electron chi connectivity index (χ2n) is 5.03. The van der Waals surface area contributed by atoms with Crippen LogP contribution in [0, 0.1) is 0 Å². The number of hydrogen-bond acceptors (Lipinski definition) is 4. The van der Waals surface area contributed by atoms with E-state index < -0.39 is 0 Å². The van der Waals surface area contributed by atoms with Crippen LogP contribution in [-0.2, 0) is 9.53 Å². The van der Waals surface area contributed by atoms with E-state index >= 15 is 0 Å². The quantitative estimate of drug-likeness (QED) is 0.898. The van der Waals surface area contributed by atoms with Crippen LogP contribution in [0.15, 0.2) is 29.2 Å². The highest BCUT2D eigenvalue weighted by atomic mass is 32.2. The number of amides is 1. The number of fused-ring (bicyclic) bond motifs is 1. The van der Waals surface area contributed by atoms with Gasteiger partial charge in [-0.15, -0.1) is 11.8 Å². The molecule has 3 rings (SSSR count). The summed E-state index contributed by atoms with van der Waals surface area (Å²) in [4.78, 5) is 15.0. The Kier molecular flexibility index (Phi) is 3.77. The van der Waals surface area contributed by atoms with Crippen molar-refractivity contribution in [1.82, 2.24) is 4.90 Å². The van der Waals surface area contributed by atoms with E-state index in [0.29, 0.717) is 19.1 Å². The maximum absolute atomic E-state index is 11.5. The van der Waals surface area contributed by atoms with Gasteiger partial charge in [-0.3, -0.25) is 9.69 Å². The van der Waals surface area contributed by atoms with Crippen molar-refractivity contribution in [3.8, 4) is 0 Å². The summed E-state index contributed by atoms with van der Waals surface area (Å²) in [6.07, 6.45) is 0. The second kappa shape index (κ2) is 5.53. The SMILES string of the molecule is NC(=O)C1COCCN1CC1CSc2ccccc21. The predicted octanol–water partition coefficient (Wildman–Crippen LogP) is 1.06. The van der Waals surface area contributed by atoms with Crippen LogP contribution in [-0.4, -0.2) is 48.9 Å². The minimum Gasteiger partial charge on any atom is -0.378 e. The van der Waals surface area contributed by atoms with Crippen molar-refractivity contribution in [2.75, 3.05) is 32.1 Å². The smallest absolute Gasteiger partial charge is 0.237 e. The largest absolute Gasteiger partial charge is 0.378 e. The van der Waals surface area contributed by atoms with Crippen LogP contribution in [0.5, 0.6) is 0 Å². The fourth-order valence-electron chi connectivity index (χ4n) is 2.78. The van der Waals surface area contributed by atoms with Crippen molar-refractivity contribution in [3.63, 3.8) is 0 Å². The molecule has 0 radical (unpaired) electrons. The molecule has 0 aromatic heterocycles. The standard InChI is InChI=1S/C14H18N2O2S/c15-14(17)12-8-18-6-5-16(12)7-10-9-19-13-4-2-1-3-11(10)13/h1-4,10,12H,5-9H2,(H2,15,17). The number of ether oxygens (including phenoxy) is 1. The van der Waals surface area contributed by atoms with Gasteiger partial charge >= 0.3 is 0 Å². The van der Waals surface area contributed by atoms with Gasteiger partial charge in [0.1, 0.15) is 6.04 Å². The van der Waals surface area contributed by atoms with Gasteiger partial charge in [-0.25, -0.2) is 0 Å². The van der Waals surface area contributed by atoms with Crippen molar-refractivity contribution in [2.45, 2.75) is 16.9 Å². The average Bonchev–Trinajstić information content (AvgIpc) is 2.83. The van der Waals surface area contributed by atoms with E-state index in [1.54, 1.807) is 0 Å². The Hall–Kier alpha value is -1.04. The van der Waals surface area contributed by atoms with E-state index in [2.05, 4.69) is 29.2 Å². The molecule has 102 valence electrons. The summed E-state index contributed by atoms with van der Waals surface area (Å²) in [5.74, 6) is 1.29. The van der Waals surface area contributed by atoms with E-state index in [1.807, 2.05) is 11.8 Å². The molecule has 2 atom stereocenters. The lowest BCUT2D eigenvalue weighted by atomic mass is 9.99. The van der Waals surface area contributed by atoms with Crippen LogP contribution in [0.3, 0.4) is 0 Å². The minimum absolute atomic E-state index is 0.272. The highest BCUT2D eigenvalue weighted by Gasteiger charge is 2.32. The molecule has 1 saturated heterocycles.